The molecule has 0 unspecified atom stereocenters. The van der Waals surface area contributed by atoms with Crippen molar-refractivity contribution in [2.24, 2.45) is 11.5 Å². The molecule has 0 radical (unpaired) electrons. The van der Waals surface area contributed by atoms with Gasteiger partial charge in [-0.1, -0.05) is 6.92 Å². The normalized spacial score (nSPS) is 12.8. The molecule has 0 aromatic rings. The molecule has 0 spiro atoms. The summed E-state index contributed by atoms with van der Waals surface area (Å²) in [6.45, 7) is 7.27. The van der Waals surface area contributed by atoms with Crippen LogP contribution in [-0.4, -0.2) is 17.2 Å². The van der Waals surface area contributed by atoms with Crippen LogP contribution < -0.4 is 11.5 Å². The highest BCUT2D eigenvalue weighted by atomic mass is 16.6. The second-order valence-corrected chi connectivity index (χ2v) is 4.35. The molecule has 0 heterocycles. The number of carbonyl (C=O) groups is 1. The van der Waals surface area contributed by atoms with Gasteiger partial charge in [0, 0.05) is 0 Å². The SMILES string of the molecule is CCC(N)(N)CC(=O)OC(C)(C)C. The molecule has 0 fully saturated rings. The quantitative estimate of drug-likeness (QED) is 0.506. The van der Waals surface area contributed by atoms with Crippen molar-refractivity contribution in [1.29, 1.82) is 0 Å². The van der Waals surface area contributed by atoms with Gasteiger partial charge in [0.25, 0.3) is 0 Å². The average Bonchev–Trinajstić information content (AvgIpc) is 1.81. The molecular weight excluding hydrogens is 168 g/mol. The summed E-state index contributed by atoms with van der Waals surface area (Å²) in [5.41, 5.74) is 9.81. The predicted octanol–water partition coefficient (Wildman–Crippen LogP) is 0.742. The van der Waals surface area contributed by atoms with Gasteiger partial charge >= 0.3 is 5.97 Å². The molecule has 0 aliphatic heterocycles. The van der Waals surface area contributed by atoms with Gasteiger partial charge in [0.2, 0.25) is 0 Å². The third-order valence-electron chi connectivity index (χ3n) is 1.55. The minimum atomic E-state index is -0.942. The monoisotopic (exact) mass is 188 g/mol. The summed E-state index contributed by atoms with van der Waals surface area (Å²) in [6, 6.07) is 0. The van der Waals surface area contributed by atoms with Crippen molar-refractivity contribution in [1.82, 2.24) is 0 Å². The molecule has 0 aromatic carbocycles. The van der Waals surface area contributed by atoms with Gasteiger partial charge in [-0.2, -0.15) is 0 Å². The summed E-state index contributed by atoms with van der Waals surface area (Å²) < 4.78 is 5.08. The second kappa shape index (κ2) is 4.07. The molecule has 0 saturated carbocycles. The summed E-state index contributed by atoms with van der Waals surface area (Å²) in [6.07, 6.45) is 0.604. The minimum absolute atomic E-state index is 0.0563. The van der Waals surface area contributed by atoms with Gasteiger partial charge < -0.3 is 16.2 Å². The first-order valence-electron chi connectivity index (χ1n) is 4.46. The van der Waals surface area contributed by atoms with Crippen LogP contribution in [0.1, 0.15) is 40.5 Å². The van der Waals surface area contributed by atoms with Crippen molar-refractivity contribution in [3.63, 3.8) is 0 Å². The summed E-state index contributed by atoms with van der Waals surface area (Å²) in [5.74, 6) is -0.348. The maximum atomic E-state index is 11.3. The fourth-order valence-corrected chi connectivity index (χ4v) is 0.771. The van der Waals surface area contributed by atoms with E-state index in [-0.39, 0.29) is 12.4 Å². The summed E-state index contributed by atoms with van der Waals surface area (Å²) >= 11 is 0. The van der Waals surface area contributed by atoms with Crippen LogP contribution in [0.25, 0.3) is 0 Å². The molecule has 0 amide bonds. The Morgan fingerprint density at radius 1 is 1.31 bits per heavy atom. The molecule has 4 nitrogen and oxygen atoms in total. The van der Waals surface area contributed by atoms with E-state index < -0.39 is 11.3 Å². The van der Waals surface area contributed by atoms with Crippen molar-refractivity contribution >= 4 is 5.97 Å². The fourth-order valence-electron chi connectivity index (χ4n) is 0.771. The molecule has 4 heteroatoms. The standard InChI is InChI=1S/C9H20N2O2/c1-5-9(10,11)6-7(12)13-8(2,3)4/h5-6,10-11H2,1-4H3. The van der Waals surface area contributed by atoms with E-state index in [1.807, 2.05) is 27.7 Å². The smallest absolute Gasteiger partial charge is 0.309 e. The Morgan fingerprint density at radius 3 is 2.08 bits per heavy atom. The Bertz CT molecular complexity index is 183. The topological polar surface area (TPSA) is 78.3 Å². The van der Waals surface area contributed by atoms with Crippen LogP contribution in [0.4, 0.5) is 0 Å². The molecule has 4 N–H and O–H groups in total. The van der Waals surface area contributed by atoms with E-state index in [2.05, 4.69) is 0 Å². The van der Waals surface area contributed by atoms with E-state index in [9.17, 15) is 4.79 Å². The highest BCUT2D eigenvalue weighted by Gasteiger charge is 2.24. The lowest BCUT2D eigenvalue weighted by atomic mass is 10.1. The van der Waals surface area contributed by atoms with Crippen LogP contribution >= 0.6 is 0 Å². The number of hydrogen-bond donors (Lipinski definition) is 2. The van der Waals surface area contributed by atoms with Gasteiger partial charge in [0.15, 0.2) is 0 Å². The van der Waals surface area contributed by atoms with Gasteiger partial charge in [0.1, 0.15) is 5.60 Å². The lowest BCUT2D eigenvalue weighted by Gasteiger charge is -2.25. The largest absolute Gasteiger partial charge is 0.460 e. The lowest BCUT2D eigenvalue weighted by molar-refractivity contribution is -0.156. The fraction of sp³-hybridized carbons (Fsp3) is 0.889. The Hall–Kier alpha value is -0.610. The first kappa shape index (κ1) is 12.4. The van der Waals surface area contributed by atoms with Gasteiger partial charge in [-0.25, -0.2) is 0 Å². The maximum Gasteiger partial charge on any atom is 0.309 e. The van der Waals surface area contributed by atoms with Gasteiger partial charge in [-0.05, 0) is 27.2 Å². The maximum absolute atomic E-state index is 11.3. The highest BCUT2D eigenvalue weighted by molar-refractivity contribution is 5.71. The Balaban J connectivity index is 4.03. The van der Waals surface area contributed by atoms with Gasteiger partial charge in [-0.3, -0.25) is 4.79 Å². The van der Waals surface area contributed by atoms with Crippen molar-refractivity contribution in [3.8, 4) is 0 Å². The van der Waals surface area contributed by atoms with Crippen LogP contribution in [0.2, 0.25) is 0 Å². The molecule has 0 bridgehead atoms. The molecule has 0 saturated heterocycles. The predicted molar refractivity (Wildman–Crippen MR) is 51.9 cm³/mol. The third kappa shape index (κ3) is 6.54. The molecule has 0 rings (SSSR count). The van der Waals surface area contributed by atoms with Gasteiger partial charge in [-0.15, -0.1) is 0 Å². The third-order valence-corrected chi connectivity index (χ3v) is 1.55. The number of hydrogen-bond acceptors (Lipinski definition) is 4. The molecular formula is C9H20N2O2. The van der Waals surface area contributed by atoms with E-state index in [0.29, 0.717) is 6.42 Å². The van der Waals surface area contributed by atoms with Crippen LogP contribution in [0.5, 0.6) is 0 Å². The number of esters is 1. The zero-order valence-electron chi connectivity index (χ0n) is 8.89. The van der Waals surface area contributed by atoms with Gasteiger partial charge in [0.05, 0.1) is 12.1 Å². The highest BCUT2D eigenvalue weighted by Crippen LogP contribution is 2.12. The Morgan fingerprint density at radius 2 is 1.77 bits per heavy atom. The second-order valence-electron chi connectivity index (χ2n) is 4.35. The minimum Gasteiger partial charge on any atom is -0.460 e. The van der Waals surface area contributed by atoms with E-state index in [1.54, 1.807) is 0 Å². The van der Waals surface area contributed by atoms with Crippen LogP contribution in [0, 0.1) is 0 Å². The molecule has 78 valence electrons. The van der Waals surface area contributed by atoms with Crippen molar-refractivity contribution in [2.75, 3.05) is 0 Å². The van der Waals surface area contributed by atoms with Crippen molar-refractivity contribution in [2.45, 2.75) is 51.8 Å². The molecule has 13 heavy (non-hydrogen) atoms. The Kier molecular flexibility index (Phi) is 3.88. The molecule has 0 aromatic heterocycles. The summed E-state index contributed by atoms with van der Waals surface area (Å²) in [7, 11) is 0. The first-order valence-corrected chi connectivity index (χ1v) is 4.46. The first-order chi connectivity index (χ1) is 5.66. The van der Waals surface area contributed by atoms with E-state index in [1.165, 1.54) is 0 Å². The number of rotatable bonds is 3. The van der Waals surface area contributed by atoms with E-state index in [4.69, 9.17) is 16.2 Å². The molecule has 0 aliphatic carbocycles. The van der Waals surface area contributed by atoms with E-state index in [0.717, 1.165) is 0 Å². The lowest BCUT2D eigenvalue weighted by Crippen LogP contribution is -2.51. The summed E-state index contributed by atoms with van der Waals surface area (Å²) in [5, 5.41) is 0. The van der Waals surface area contributed by atoms with E-state index >= 15 is 0 Å². The number of nitrogens with two attached hydrogens (primary N) is 2. The molecule has 0 aliphatic rings. The average molecular weight is 188 g/mol. The zero-order chi connectivity index (χ0) is 10.7. The van der Waals surface area contributed by atoms with Crippen molar-refractivity contribution in [3.05, 3.63) is 0 Å². The van der Waals surface area contributed by atoms with Crippen molar-refractivity contribution < 1.29 is 9.53 Å². The zero-order valence-corrected chi connectivity index (χ0v) is 8.89. The molecule has 0 atom stereocenters. The summed E-state index contributed by atoms with van der Waals surface area (Å²) in [4.78, 5) is 11.3. The Labute approximate surface area is 79.6 Å². The number of ether oxygens (including phenoxy) is 1. The van der Waals surface area contributed by atoms with Crippen LogP contribution in [0.3, 0.4) is 0 Å². The van der Waals surface area contributed by atoms with Crippen LogP contribution in [-0.2, 0) is 9.53 Å². The van der Waals surface area contributed by atoms with Crippen LogP contribution in [0.15, 0.2) is 0 Å². The number of carbonyl (C=O) groups excluding carboxylic acids is 1.